The predicted molar refractivity (Wildman–Crippen MR) is 93.1 cm³/mol. The van der Waals surface area contributed by atoms with Gasteiger partial charge < -0.3 is 0 Å². The van der Waals surface area contributed by atoms with E-state index in [1.807, 2.05) is 0 Å². The summed E-state index contributed by atoms with van der Waals surface area (Å²) < 4.78 is 388. The standard InChI is InChI=1S/C17H4F29NS/c18-4(19,1-2-48-3-47)5(20,21)6(22,23)7(24,25)8(26,27)9(28,29)10(30,31)11(32,33)12(34,35)13(36,37)14(38,39)15(40,41)16(42,43)17(44,45)46/h1-2H2. The van der Waals surface area contributed by atoms with Crippen LogP contribution in [0.2, 0.25) is 0 Å². The second-order valence-corrected chi connectivity index (χ2v) is 9.66. The zero-order valence-corrected chi connectivity index (χ0v) is 21.5. The Bertz CT molecular complexity index is 1200. The third kappa shape index (κ3) is 5.50. The van der Waals surface area contributed by atoms with Gasteiger partial charge in [-0.05, 0) is 11.8 Å². The first-order valence-corrected chi connectivity index (χ1v) is 11.3. The zero-order valence-electron chi connectivity index (χ0n) is 20.7. The number of alkyl halides is 29. The van der Waals surface area contributed by atoms with Crippen molar-refractivity contribution in [2.75, 3.05) is 5.75 Å². The van der Waals surface area contributed by atoms with Gasteiger partial charge in [0.25, 0.3) is 0 Å². The summed E-state index contributed by atoms with van der Waals surface area (Å²) in [5, 5.41) is 8.72. The van der Waals surface area contributed by atoms with E-state index in [4.69, 9.17) is 5.26 Å². The molecule has 0 spiro atoms. The number of hydrogen-bond donors (Lipinski definition) is 0. The minimum atomic E-state index is -9.93. The Morgan fingerprint density at radius 2 is 0.500 bits per heavy atom. The monoisotopic (exact) mass is 805 g/mol. The van der Waals surface area contributed by atoms with Crippen LogP contribution < -0.4 is 0 Å². The quantitative estimate of drug-likeness (QED) is 0.0935. The van der Waals surface area contributed by atoms with E-state index in [1.165, 1.54) is 0 Å². The minimum absolute atomic E-state index is 0.626. The number of halogens is 29. The van der Waals surface area contributed by atoms with Crippen molar-refractivity contribution in [3.8, 4) is 5.40 Å². The highest BCUT2D eigenvalue weighted by molar-refractivity contribution is 8.03. The maximum Gasteiger partial charge on any atom is 0.460 e. The van der Waals surface area contributed by atoms with Gasteiger partial charge in [0.05, 0.1) is 0 Å². The van der Waals surface area contributed by atoms with Crippen LogP contribution >= 0.6 is 11.8 Å². The molecule has 0 saturated heterocycles. The van der Waals surface area contributed by atoms with Crippen LogP contribution in [0.1, 0.15) is 6.42 Å². The lowest BCUT2D eigenvalue weighted by Crippen LogP contribution is -2.79. The van der Waals surface area contributed by atoms with Crippen LogP contribution in [0, 0.1) is 10.7 Å². The highest BCUT2D eigenvalue weighted by atomic mass is 32.2. The Morgan fingerprint density at radius 1 is 0.312 bits per heavy atom. The summed E-state index contributed by atoms with van der Waals surface area (Å²) in [6.45, 7) is 0. The van der Waals surface area contributed by atoms with Gasteiger partial charge in [0.1, 0.15) is 5.40 Å². The Morgan fingerprint density at radius 3 is 0.688 bits per heavy atom. The van der Waals surface area contributed by atoms with Crippen LogP contribution in [0.25, 0.3) is 0 Å². The van der Waals surface area contributed by atoms with Gasteiger partial charge >= 0.3 is 83.2 Å². The van der Waals surface area contributed by atoms with Gasteiger partial charge in [-0.25, -0.2) is 0 Å². The van der Waals surface area contributed by atoms with Gasteiger partial charge in [-0.2, -0.15) is 133 Å². The molecule has 0 saturated carbocycles. The maximum absolute atomic E-state index is 13.8. The van der Waals surface area contributed by atoms with Crippen molar-refractivity contribution in [1.82, 2.24) is 0 Å². The Labute approximate surface area is 246 Å². The zero-order chi connectivity index (χ0) is 39.8. The number of nitrogens with zero attached hydrogens (tertiary/aromatic N) is 1. The number of nitriles is 1. The summed E-state index contributed by atoms with van der Waals surface area (Å²) in [6.07, 6.45) is -11.3. The fourth-order valence-electron chi connectivity index (χ4n) is 2.76. The molecule has 0 unspecified atom stereocenters. The number of hydrogen-bond acceptors (Lipinski definition) is 2. The van der Waals surface area contributed by atoms with Gasteiger partial charge in [-0.15, -0.1) is 0 Å². The van der Waals surface area contributed by atoms with E-state index in [-0.39, 0.29) is 0 Å². The molecule has 0 aromatic rings. The van der Waals surface area contributed by atoms with E-state index in [0.29, 0.717) is 0 Å². The average molecular weight is 805 g/mol. The molecular weight excluding hydrogens is 801 g/mol. The maximum atomic E-state index is 13.8. The largest absolute Gasteiger partial charge is 0.460 e. The number of thiocyanates is 1. The van der Waals surface area contributed by atoms with E-state index in [1.54, 1.807) is 0 Å². The molecule has 0 bridgehead atoms. The second-order valence-electron chi connectivity index (χ2n) is 8.78. The SMILES string of the molecule is N#CSCCC(F)(F)C(F)(F)C(F)(F)C(F)(F)C(F)(F)C(F)(F)C(F)(F)C(F)(F)C(F)(F)C(F)(F)C(F)(F)C(F)(F)C(F)(F)C(F)(F)F. The molecule has 0 radical (unpaired) electrons. The van der Waals surface area contributed by atoms with Gasteiger partial charge in [0, 0.05) is 12.2 Å². The van der Waals surface area contributed by atoms with Crippen molar-refractivity contribution < 1.29 is 127 Å². The minimum Gasteiger partial charge on any atom is -0.200 e. The molecule has 0 atom stereocenters. The smallest absolute Gasteiger partial charge is 0.200 e. The van der Waals surface area contributed by atoms with Crippen molar-refractivity contribution in [2.45, 2.75) is 89.6 Å². The molecular formula is C17H4F29NS. The number of rotatable bonds is 15. The van der Waals surface area contributed by atoms with Crippen LogP contribution in [0.4, 0.5) is 127 Å². The molecule has 48 heavy (non-hydrogen) atoms. The molecule has 0 aromatic carbocycles. The van der Waals surface area contributed by atoms with E-state index in [2.05, 4.69) is 0 Å². The lowest BCUT2D eigenvalue weighted by molar-refractivity contribution is -0.487. The normalized spacial score (nSPS) is 16.7. The van der Waals surface area contributed by atoms with Crippen molar-refractivity contribution in [2.24, 2.45) is 0 Å². The molecule has 0 fully saturated rings. The third-order valence-electron chi connectivity index (χ3n) is 5.74. The fourth-order valence-corrected chi connectivity index (χ4v) is 3.21. The van der Waals surface area contributed by atoms with Crippen molar-refractivity contribution in [3.63, 3.8) is 0 Å². The molecule has 0 aliphatic carbocycles. The lowest BCUT2D eigenvalue weighted by atomic mass is 9.83. The van der Waals surface area contributed by atoms with Crippen LogP contribution in [0.15, 0.2) is 0 Å². The molecule has 0 heterocycles. The molecule has 0 rings (SSSR count). The molecule has 0 N–H and O–H groups in total. The second kappa shape index (κ2) is 11.7. The summed E-state index contributed by atoms with van der Waals surface area (Å²) in [4.78, 5) is 0. The van der Waals surface area contributed by atoms with Gasteiger partial charge in [0.2, 0.25) is 0 Å². The van der Waals surface area contributed by atoms with Crippen LogP contribution in [-0.4, -0.2) is 88.9 Å². The number of thioether (sulfide) groups is 1. The molecule has 286 valence electrons. The Kier molecular flexibility index (Phi) is 11.1. The van der Waals surface area contributed by atoms with Gasteiger partial charge in [0.15, 0.2) is 0 Å². The summed E-state index contributed by atoms with van der Waals surface area (Å²) in [7, 11) is 0. The van der Waals surface area contributed by atoms with E-state index < -0.39 is 107 Å². The van der Waals surface area contributed by atoms with E-state index in [0.717, 1.165) is 5.40 Å². The molecule has 0 amide bonds. The van der Waals surface area contributed by atoms with E-state index in [9.17, 15) is 127 Å². The van der Waals surface area contributed by atoms with Crippen molar-refractivity contribution in [1.29, 1.82) is 5.26 Å². The predicted octanol–water partition coefficient (Wildman–Crippen LogP) is 10.4. The molecule has 31 heteroatoms. The first-order valence-electron chi connectivity index (χ1n) is 10.3. The lowest BCUT2D eigenvalue weighted by Gasteiger charge is -2.46. The van der Waals surface area contributed by atoms with Gasteiger partial charge in [-0.3, -0.25) is 0 Å². The van der Waals surface area contributed by atoms with Gasteiger partial charge in [-0.1, -0.05) is 0 Å². The molecule has 1 nitrogen and oxygen atoms in total. The topological polar surface area (TPSA) is 23.8 Å². The summed E-state index contributed by atoms with van der Waals surface area (Å²) in [5.41, 5.74) is 0. The Balaban J connectivity index is 7.47. The van der Waals surface area contributed by atoms with Crippen LogP contribution in [-0.2, 0) is 0 Å². The van der Waals surface area contributed by atoms with Crippen LogP contribution in [0.3, 0.4) is 0 Å². The summed E-state index contributed by atoms with van der Waals surface area (Å²) in [5.74, 6) is -122. The fraction of sp³-hybridized carbons (Fsp3) is 0.941. The molecule has 0 aromatic heterocycles. The van der Waals surface area contributed by atoms with E-state index >= 15 is 0 Å². The third-order valence-corrected chi connectivity index (χ3v) is 6.27. The van der Waals surface area contributed by atoms with Crippen LogP contribution in [0.5, 0.6) is 0 Å². The Hall–Kier alpha value is -2.19. The first kappa shape index (κ1) is 45.8. The summed E-state index contributed by atoms with van der Waals surface area (Å²) >= 11 is -0.626. The molecule has 0 aliphatic rings. The first-order chi connectivity index (χ1) is 20.3. The highest BCUT2D eigenvalue weighted by Crippen LogP contribution is 2.69. The van der Waals surface area contributed by atoms with Crippen molar-refractivity contribution in [3.05, 3.63) is 0 Å². The van der Waals surface area contributed by atoms with Crippen molar-refractivity contribution >= 4 is 11.8 Å². The summed E-state index contributed by atoms with van der Waals surface area (Å²) in [6, 6.07) is 0. The average Bonchev–Trinajstić information content (AvgIpc) is 2.86. The molecule has 0 aliphatic heterocycles. The highest BCUT2D eigenvalue weighted by Gasteiger charge is 3.00.